The van der Waals surface area contributed by atoms with E-state index in [2.05, 4.69) is 16.2 Å². The van der Waals surface area contributed by atoms with Crippen LogP contribution in [0.4, 0.5) is 10.2 Å². The maximum Gasteiger partial charge on any atom is 0.166 e. The number of hydrogen-bond acceptors (Lipinski definition) is 2. The van der Waals surface area contributed by atoms with Crippen molar-refractivity contribution in [3.8, 4) is 12.3 Å². The number of anilines is 1. The summed E-state index contributed by atoms with van der Waals surface area (Å²) in [7, 11) is 0. The Labute approximate surface area is 81.1 Å². The zero-order chi connectivity index (χ0) is 9.84. The highest BCUT2D eigenvalue weighted by Gasteiger charge is 2.05. The van der Waals surface area contributed by atoms with Crippen molar-refractivity contribution in [1.82, 2.24) is 4.98 Å². The van der Waals surface area contributed by atoms with Gasteiger partial charge in [-0.1, -0.05) is 17.5 Å². The third-order valence-corrected chi connectivity index (χ3v) is 1.62. The molecule has 0 saturated heterocycles. The Morgan fingerprint density at radius 1 is 1.77 bits per heavy atom. The van der Waals surface area contributed by atoms with Crippen molar-refractivity contribution in [2.45, 2.75) is 13.0 Å². The molecule has 0 aliphatic heterocycles. The van der Waals surface area contributed by atoms with E-state index in [9.17, 15) is 4.39 Å². The molecule has 0 fully saturated rings. The summed E-state index contributed by atoms with van der Waals surface area (Å²) in [6.07, 6.45) is 6.47. The van der Waals surface area contributed by atoms with Gasteiger partial charge in [-0.2, -0.15) is 0 Å². The molecule has 0 amide bonds. The molecule has 1 rings (SSSR count). The number of terminal acetylenes is 1. The van der Waals surface area contributed by atoms with E-state index in [0.717, 1.165) is 0 Å². The summed E-state index contributed by atoms with van der Waals surface area (Å²) in [6.45, 7) is 1.73. The average molecular weight is 199 g/mol. The van der Waals surface area contributed by atoms with Crippen molar-refractivity contribution in [1.29, 1.82) is 0 Å². The maximum absolute atomic E-state index is 13.1. The number of nitrogens with one attached hydrogen (secondary N) is 1. The lowest BCUT2D eigenvalue weighted by molar-refractivity contribution is 0.623. The molecule has 1 heterocycles. The van der Waals surface area contributed by atoms with Gasteiger partial charge >= 0.3 is 0 Å². The van der Waals surface area contributed by atoms with E-state index < -0.39 is 5.82 Å². The second kappa shape index (κ2) is 4.11. The fourth-order valence-electron chi connectivity index (χ4n) is 0.768. The number of rotatable bonds is 2. The summed E-state index contributed by atoms with van der Waals surface area (Å²) in [4.78, 5) is 3.75. The predicted octanol–water partition coefficient (Wildman–Crippen LogP) is 2.31. The molecule has 1 aromatic rings. The summed E-state index contributed by atoms with van der Waals surface area (Å²) >= 11 is 5.52. The van der Waals surface area contributed by atoms with Crippen molar-refractivity contribution in [2.75, 3.05) is 5.32 Å². The maximum atomic E-state index is 13.1. The van der Waals surface area contributed by atoms with Crippen LogP contribution in [0.5, 0.6) is 0 Å². The van der Waals surface area contributed by atoms with Crippen molar-refractivity contribution < 1.29 is 4.39 Å². The Morgan fingerprint density at radius 3 is 3.00 bits per heavy atom. The standard InChI is InChI=1S/C9H8ClFN2/c1-3-6(2)13-9-8(11)4-7(10)5-12-9/h1,4-6H,2H3,(H,12,13). The molecule has 1 aromatic heterocycles. The topological polar surface area (TPSA) is 24.9 Å². The molecule has 1 N–H and O–H groups in total. The average Bonchev–Trinajstić information content (AvgIpc) is 2.09. The summed E-state index contributed by atoms with van der Waals surface area (Å²) in [5, 5.41) is 2.97. The number of aromatic nitrogens is 1. The Balaban J connectivity index is 2.85. The Bertz CT molecular complexity index is 346. The van der Waals surface area contributed by atoms with Gasteiger partial charge in [0.15, 0.2) is 11.6 Å². The highest BCUT2D eigenvalue weighted by molar-refractivity contribution is 6.30. The molecular weight excluding hydrogens is 191 g/mol. The van der Waals surface area contributed by atoms with Gasteiger partial charge in [-0.15, -0.1) is 6.42 Å². The minimum absolute atomic E-state index is 0.120. The van der Waals surface area contributed by atoms with E-state index in [4.69, 9.17) is 18.0 Å². The highest BCUT2D eigenvalue weighted by atomic mass is 35.5. The molecule has 0 aliphatic carbocycles. The second-order valence-electron chi connectivity index (χ2n) is 2.52. The fraction of sp³-hybridized carbons (Fsp3) is 0.222. The van der Waals surface area contributed by atoms with Crippen LogP contribution in [0.15, 0.2) is 12.3 Å². The zero-order valence-electron chi connectivity index (χ0n) is 7.01. The first-order chi connectivity index (χ1) is 6.13. The van der Waals surface area contributed by atoms with Crippen molar-refractivity contribution in [3.63, 3.8) is 0 Å². The van der Waals surface area contributed by atoms with E-state index in [0.29, 0.717) is 0 Å². The number of nitrogens with zero attached hydrogens (tertiary/aromatic N) is 1. The fourth-order valence-corrected chi connectivity index (χ4v) is 0.912. The van der Waals surface area contributed by atoms with Crippen molar-refractivity contribution >= 4 is 17.4 Å². The van der Waals surface area contributed by atoms with Gasteiger partial charge in [0.2, 0.25) is 0 Å². The van der Waals surface area contributed by atoms with Gasteiger partial charge in [0.05, 0.1) is 11.1 Å². The third-order valence-electron chi connectivity index (χ3n) is 1.41. The molecular formula is C9H8ClFN2. The molecule has 0 radical (unpaired) electrons. The van der Waals surface area contributed by atoms with Crippen LogP contribution < -0.4 is 5.32 Å². The molecule has 13 heavy (non-hydrogen) atoms. The Hall–Kier alpha value is -1.27. The molecule has 0 spiro atoms. The molecule has 68 valence electrons. The number of halogens is 2. The summed E-state index contributed by atoms with van der Waals surface area (Å²) in [5.41, 5.74) is 0. The van der Waals surface area contributed by atoms with Crippen LogP contribution in [0.3, 0.4) is 0 Å². The minimum atomic E-state index is -0.505. The smallest absolute Gasteiger partial charge is 0.166 e. The first kappa shape index (κ1) is 9.82. The van der Waals surface area contributed by atoms with E-state index in [1.54, 1.807) is 6.92 Å². The lowest BCUT2D eigenvalue weighted by Gasteiger charge is -2.08. The zero-order valence-corrected chi connectivity index (χ0v) is 7.77. The van der Waals surface area contributed by atoms with Crippen LogP contribution in [0.2, 0.25) is 5.02 Å². The molecule has 1 atom stereocenters. The van der Waals surface area contributed by atoms with Gasteiger partial charge in [0, 0.05) is 6.20 Å². The lowest BCUT2D eigenvalue weighted by atomic mass is 10.3. The minimum Gasteiger partial charge on any atom is -0.354 e. The normalized spacial score (nSPS) is 11.8. The molecule has 0 aromatic carbocycles. The van der Waals surface area contributed by atoms with Crippen LogP contribution in [-0.4, -0.2) is 11.0 Å². The van der Waals surface area contributed by atoms with E-state index in [-0.39, 0.29) is 16.9 Å². The monoisotopic (exact) mass is 198 g/mol. The van der Waals surface area contributed by atoms with E-state index in [1.165, 1.54) is 12.3 Å². The van der Waals surface area contributed by atoms with Crippen molar-refractivity contribution in [2.24, 2.45) is 0 Å². The van der Waals surface area contributed by atoms with E-state index in [1.807, 2.05) is 0 Å². The molecule has 1 unspecified atom stereocenters. The predicted molar refractivity (Wildman–Crippen MR) is 51.1 cm³/mol. The lowest BCUT2D eigenvalue weighted by Crippen LogP contribution is -2.14. The van der Waals surface area contributed by atoms with Gasteiger partial charge in [-0.25, -0.2) is 9.37 Å². The Morgan fingerprint density at radius 2 is 2.46 bits per heavy atom. The first-order valence-electron chi connectivity index (χ1n) is 3.67. The van der Waals surface area contributed by atoms with Gasteiger partial charge in [0.25, 0.3) is 0 Å². The van der Waals surface area contributed by atoms with Gasteiger partial charge in [-0.05, 0) is 13.0 Å². The SMILES string of the molecule is C#CC(C)Nc1ncc(Cl)cc1F. The molecule has 4 heteroatoms. The molecule has 0 bridgehead atoms. The number of pyridine rings is 1. The van der Waals surface area contributed by atoms with Crippen LogP contribution in [-0.2, 0) is 0 Å². The number of hydrogen-bond donors (Lipinski definition) is 1. The molecule has 0 saturated carbocycles. The third kappa shape index (κ3) is 2.60. The highest BCUT2D eigenvalue weighted by Crippen LogP contribution is 2.15. The van der Waals surface area contributed by atoms with E-state index >= 15 is 0 Å². The quantitative estimate of drug-likeness (QED) is 0.738. The van der Waals surface area contributed by atoms with Gasteiger partial charge in [-0.3, -0.25) is 0 Å². The largest absolute Gasteiger partial charge is 0.354 e. The van der Waals surface area contributed by atoms with Crippen LogP contribution in [0.1, 0.15) is 6.92 Å². The summed E-state index contributed by atoms with van der Waals surface area (Å²) in [5.74, 6) is 2.02. The van der Waals surface area contributed by atoms with Crippen LogP contribution in [0, 0.1) is 18.2 Å². The van der Waals surface area contributed by atoms with Crippen molar-refractivity contribution in [3.05, 3.63) is 23.1 Å². The van der Waals surface area contributed by atoms with Crippen LogP contribution >= 0.6 is 11.6 Å². The second-order valence-corrected chi connectivity index (χ2v) is 2.95. The first-order valence-corrected chi connectivity index (χ1v) is 4.05. The summed E-state index contributed by atoms with van der Waals surface area (Å²) in [6, 6.07) is 0.920. The summed E-state index contributed by atoms with van der Waals surface area (Å²) < 4.78 is 13.1. The molecule has 2 nitrogen and oxygen atoms in total. The molecule has 0 aliphatic rings. The van der Waals surface area contributed by atoms with Gasteiger partial charge in [0.1, 0.15) is 0 Å². The van der Waals surface area contributed by atoms with Gasteiger partial charge < -0.3 is 5.32 Å². The van der Waals surface area contributed by atoms with Crippen LogP contribution in [0.25, 0.3) is 0 Å². The Kier molecular flexibility index (Phi) is 3.10.